The third kappa shape index (κ3) is 3.88. The van der Waals surface area contributed by atoms with Crippen molar-refractivity contribution in [3.63, 3.8) is 0 Å². The fourth-order valence-corrected chi connectivity index (χ4v) is 4.11. The molecule has 0 spiro atoms. The van der Waals surface area contributed by atoms with Crippen molar-refractivity contribution in [3.8, 4) is 0 Å². The molecule has 1 heteroatoms. The first kappa shape index (κ1) is 16.5. The van der Waals surface area contributed by atoms with Crippen molar-refractivity contribution >= 4 is 0 Å². The number of aliphatic hydroxyl groups excluding tert-OH is 1. The molecule has 1 aliphatic rings. The molecule has 0 aliphatic heterocycles. The zero-order chi connectivity index (χ0) is 15.1. The first-order valence-corrected chi connectivity index (χ1v) is 8.96. The van der Waals surface area contributed by atoms with Gasteiger partial charge in [0.15, 0.2) is 0 Å². The van der Waals surface area contributed by atoms with Crippen molar-refractivity contribution in [3.05, 3.63) is 35.9 Å². The summed E-state index contributed by atoms with van der Waals surface area (Å²) in [6.07, 6.45) is 10.7. The number of rotatable bonds is 8. The lowest BCUT2D eigenvalue weighted by Gasteiger charge is -2.37. The summed E-state index contributed by atoms with van der Waals surface area (Å²) in [5, 5.41) is 11.1. The lowest BCUT2D eigenvalue weighted by Crippen LogP contribution is -2.38. The van der Waals surface area contributed by atoms with Gasteiger partial charge in [0.2, 0.25) is 0 Å². The average molecular weight is 288 g/mol. The maximum Gasteiger partial charge on any atom is 0.0639 e. The fraction of sp³-hybridized carbons (Fsp3) is 0.700. The summed E-state index contributed by atoms with van der Waals surface area (Å²) >= 11 is 0. The summed E-state index contributed by atoms with van der Waals surface area (Å²) in [5.41, 5.74) is 1.39. The van der Waals surface area contributed by atoms with Gasteiger partial charge in [-0.05, 0) is 30.7 Å². The molecule has 0 bridgehead atoms. The summed E-state index contributed by atoms with van der Waals surface area (Å²) in [5.74, 6) is 0.682. The smallest absolute Gasteiger partial charge is 0.0639 e. The quantitative estimate of drug-likeness (QED) is 0.673. The Morgan fingerprint density at radius 1 is 1.10 bits per heavy atom. The second-order valence-electron chi connectivity index (χ2n) is 6.90. The highest BCUT2D eigenvalue weighted by Gasteiger charge is 2.42. The Morgan fingerprint density at radius 3 is 2.33 bits per heavy atom. The molecule has 0 radical (unpaired) electrons. The van der Waals surface area contributed by atoms with E-state index in [4.69, 9.17) is 0 Å². The third-order valence-corrected chi connectivity index (χ3v) is 5.58. The summed E-state index contributed by atoms with van der Waals surface area (Å²) in [6, 6.07) is 10.8. The minimum absolute atomic E-state index is 0.0287. The standard InChI is InChI=1S/C20H32O/c1-3-5-11-17(4-2)16-19(21)20(14-9-10-15-20)18-12-7-6-8-13-18/h6-8,12-13,17,19,21H,3-5,9-11,14-16H2,1-2H3. The Bertz CT molecular complexity index is 392. The molecule has 21 heavy (non-hydrogen) atoms. The molecule has 1 aromatic carbocycles. The number of benzene rings is 1. The van der Waals surface area contributed by atoms with Crippen molar-refractivity contribution in [2.24, 2.45) is 5.92 Å². The van der Waals surface area contributed by atoms with E-state index >= 15 is 0 Å². The van der Waals surface area contributed by atoms with Crippen molar-refractivity contribution in [2.45, 2.75) is 83.2 Å². The van der Waals surface area contributed by atoms with Crippen LogP contribution in [0.2, 0.25) is 0 Å². The van der Waals surface area contributed by atoms with Gasteiger partial charge in [-0.2, -0.15) is 0 Å². The van der Waals surface area contributed by atoms with E-state index in [1.54, 1.807) is 0 Å². The zero-order valence-corrected chi connectivity index (χ0v) is 13.9. The molecule has 0 saturated heterocycles. The number of hydrogen-bond donors (Lipinski definition) is 1. The van der Waals surface area contributed by atoms with Gasteiger partial charge in [0.1, 0.15) is 0 Å². The summed E-state index contributed by atoms with van der Waals surface area (Å²) in [7, 11) is 0. The largest absolute Gasteiger partial charge is 0.392 e. The van der Waals surface area contributed by atoms with Crippen molar-refractivity contribution in [1.29, 1.82) is 0 Å². The highest BCUT2D eigenvalue weighted by molar-refractivity contribution is 5.28. The Morgan fingerprint density at radius 2 is 1.76 bits per heavy atom. The van der Waals surface area contributed by atoms with Gasteiger partial charge < -0.3 is 5.11 Å². The van der Waals surface area contributed by atoms with E-state index in [9.17, 15) is 5.11 Å². The predicted octanol–water partition coefficient (Wildman–Crippen LogP) is 5.47. The average Bonchev–Trinajstić information content (AvgIpc) is 3.03. The Balaban J connectivity index is 2.11. The summed E-state index contributed by atoms with van der Waals surface area (Å²) in [6.45, 7) is 4.53. The van der Waals surface area contributed by atoms with Gasteiger partial charge in [-0.25, -0.2) is 0 Å². The van der Waals surface area contributed by atoms with Crippen LogP contribution in [0, 0.1) is 5.92 Å². The predicted molar refractivity (Wildman–Crippen MR) is 90.5 cm³/mol. The first-order chi connectivity index (χ1) is 10.2. The van der Waals surface area contributed by atoms with Gasteiger partial charge in [-0.15, -0.1) is 0 Å². The molecule has 0 aromatic heterocycles. The SMILES string of the molecule is CCCCC(CC)CC(O)C1(c2ccccc2)CCCC1. The van der Waals surface area contributed by atoms with E-state index in [1.807, 2.05) is 0 Å². The van der Waals surface area contributed by atoms with Gasteiger partial charge in [0, 0.05) is 5.41 Å². The van der Waals surface area contributed by atoms with Crippen LogP contribution < -0.4 is 0 Å². The van der Waals surface area contributed by atoms with Crippen LogP contribution in [-0.2, 0) is 5.41 Å². The molecule has 1 fully saturated rings. The lowest BCUT2D eigenvalue weighted by atomic mass is 9.71. The van der Waals surface area contributed by atoms with Gasteiger partial charge in [0.05, 0.1) is 6.10 Å². The van der Waals surface area contributed by atoms with E-state index in [2.05, 4.69) is 44.2 Å². The second-order valence-corrected chi connectivity index (χ2v) is 6.90. The Kier molecular flexibility index (Phi) is 6.29. The molecule has 1 nitrogen and oxygen atoms in total. The molecule has 1 N–H and O–H groups in total. The molecule has 1 saturated carbocycles. The van der Waals surface area contributed by atoms with Gasteiger partial charge in [-0.1, -0.05) is 82.7 Å². The second kappa shape index (κ2) is 7.98. The Hall–Kier alpha value is -0.820. The van der Waals surface area contributed by atoms with Gasteiger partial charge in [0.25, 0.3) is 0 Å². The van der Waals surface area contributed by atoms with E-state index in [-0.39, 0.29) is 11.5 Å². The van der Waals surface area contributed by atoms with Gasteiger partial charge in [-0.3, -0.25) is 0 Å². The van der Waals surface area contributed by atoms with Crippen molar-refractivity contribution < 1.29 is 5.11 Å². The van der Waals surface area contributed by atoms with E-state index < -0.39 is 0 Å². The number of unbranched alkanes of at least 4 members (excludes halogenated alkanes) is 1. The minimum Gasteiger partial charge on any atom is -0.392 e. The molecule has 1 aromatic rings. The molecule has 2 atom stereocenters. The first-order valence-electron chi connectivity index (χ1n) is 8.96. The van der Waals surface area contributed by atoms with E-state index in [0.717, 1.165) is 19.3 Å². The molecule has 0 heterocycles. The molecular formula is C20H32O. The maximum atomic E-state index is 11.1. The zero-order valence-electron chi connectivity index (χ0n) is 13.9. The fourth-order valence-electron chi connectivity index (χ4n) is 4.11. The summed E-state index contributed by atoms with van der Waals surface area (Å²) < 4.78 is 0. The monoisotopic (exact) mass is 288 g/mol. The van der Waals surface area contributed by atoms with Crippen LogP contribution in [0.15, 0.2) is 30.3 Å². The Labute approximate surface area is 130 Å². The topological polar surface area (TPSA) is 20.2 Å². The van der Waals surface area contributed by atoms with Gasteiger partial charge >= 0.3 is 0 Å². The number of aliphatic hydroxyl groups is 1. The van der Waals surface area contributed by atoms with Crippen LogP contribution in [-0.4, -0.2) is 11.2 Å². The van der Waals surface area contributed by atoms with E-state index in [1.165, 1.54) is 44.1 Å². The molecular weight excluding hydrogens is 256 g/mol. The van der Waals surface area contributed by atoms with Crippen molar-refractivity contribution in [2.75, 3.05) is 0 Å². The highest BCUT2D eigenvalue weighted by Crippen LogP contribution is 2.45. The van der Waals surface area contributed by atoms with Crippen LogP contribution in [0.1, 0.15) is 77.2 Å². The molecule has 0 amide bonds. The lowest BCUT2D eigenvalue weighted by molar-refractivity contribution is 0.0564. The van der Waals surface area contributed by atoms with Crippen molar-refractivity contribution in [1.82, 2.24) is 0 Å². The highest BCUT2D eigenvalue weighted by atomic mass is 16.3. The molecule has 2 unspecified atom stereocenters. The number of hydrogen-bond acceptors (Lipinski definition) is 1. The van der Waals surface area contributed by atoms with E-state index in [0.29, 0.717) is 5.92 Å². The van der Waals surface area contributed by atoms with Crippen LogP contribution in [0.3, 0.4) is 0 Å². The van der Waals surface area contributed by atoms with Crippen LogP contribution in [0.25, 0.3) is 0 Å². The third-order valence-electron chi connectivity index (χ3n) is 5.58. The van der Waals surface area contributed by atoms with Crippen LogP contribution in [0.4, 0.5) is 0 Å². The van der Waals surface area contributed by atoms with Crippen LogP contribution in [0.5, 0.6) is 0 Å². The minimum atomic E-state index is -0.177. The summed E-state index contributed by atoms with van der Waals surface area (Å²) in [4.78, 5) is 0. The maximum absolute atomic E-state index is 11.1. The van der Waals surface area contributed by atoms with Crippen LogP contribution >= 0.6 is 0 Å². The molecule has 2 rings (SSSR count). The normalized spacial score (nSPS) is 20.3. The molecule has 1 aliphatic carbocycles. The molecule has 118 valence electrons.